The molecule has 3 nitrogen and oxygen atoms in total. The van der Waals surface area contributed by atoms with Gasteiger partial charge in [-0.15, -0.1) is 0 Å². The Morgan fingerprint density at radius 1 is 1.26 bits per heavy atom. The molecule has 1 aliphatic heterocycles. The minimum atomic E-state index is -0.201. The SMILES string of the molecule is NC(=O)CC1CCN(Cc2c(Cl)cccc2Cl)CC1. The number of nitrogens with zero attached hydrogens (tertiary/aromatic N) is 1. The number of rotatable bonds is 4. The molecule has 1 aromatic rings. The summed E-state index contributed by atoms with van der Waals surface area (Å²) in [6.45, 7) is 2.68. The predicted octanol–water partition coefficient (Wildman–Crippen LogP) is 3.08. The van der Waals surface area contributed by atoms with E-state index in [-0.39, 0.29) is 5.91 Å². The maximum absolute atomic E-state index is 10.9. The van der Waals surface area contributed by atoms with Crippen LogP contribution >= 0.6 is 23.2 Å². The van der Waals surface area contributed by atoms with Crippen LogP contribution < -0.4 is 5.73 Å². The molecule has 0 unspecified atom stereocenters. The topological polar surface area (TPSA) is 46.3 Å². The van der Waals surface area contributed by atoms with E-state index in [4.69, 9.17) is 28.9 Å². The highest BCUT2D eigenvalue weighted by molar-refractivity contribution is 6.35. The molecule has 1 saturated heterocycles. The van der Waals surface area contributed by atoms with E-state index in [0.29, 0.717) is 22.4 Å². The van der Waals surface area contributed by atoms with Crippen molar-refractivity contribution in [1.29, 1.82) is 0 Å². The van der Waals surface area contributed by atoms with Crippen LogP contribution in [0.2, 0.25) is 10.0 Å². The quantitative estimate of drug-likeness (QED) is 0.929. The predicted molar refractivity (Wildman–Crippen MR) is 78.3 cm³/mol. The van der Waals surface area contributed by atoms with Crippen LogP contribution in [0.15, 0.2) is 18.2 Å². The molecule has 1 fully saturated rings. The Morgan fingerprint density at radius 2 is 1.84 bits per heavy atom. The molecule has 0 bridgehead atoms. The van der Waals surface area contributed by atoms with Crippen molar-refractivity contribution in [3.05, 3.63) is 33.8 Å². The highest BCUT2D eigenvalue weighted by atomic mass is 35.5. The standard InChI is InChI=1S/C14H18Cl2N2O/c15-12-2-1-3-13(16)11(12)9-18-6-4-10(5-7-18)8-14(17)19/h1-3,10H,4-9H2,(H2,17,19). The first-order chi connectivity index (χ1) is 9.06. The van der Waals surface area contributed by atoms with Crippen molar-refractivity contribution in [2.24, 2.45) is 11.7 Å². The summed E-state index contributed by atoms with van der Waals surface area (Å²) in [5.41, 5.74) is 6.22. The fourth-order valence-electron chi connectivity index (χ4n) is 2.54. The van der Waals surface area contributed by atoms with E-state index in [1.807, 2.05) is 18.2 Å². The van der Waals surface area contributed by atoms with Crippen molar-refractivity contribution in [3.8, 4) is 0 Å². The summed E-state index contributed by atoms with van der Waals surface area (Å²) in [6, 6.07) is 5.58. The zero-order valence-electron chi connectivity index (χ0n) is 10.7. The number of benzene rings is 1. The summed E-state index contributed by atoms with van der Waals surface area (Å²) < 4.78 is 0. The lowest BCUT2D eigenvalue weighted by molar-refractivity contribution is -0.119. The molecule has 0 atom stereocenters. The Balaban J connectivity index is 1.91. The summed E-state index contributed by atoms with van der Waals surface area (Å²) in [5.74, 6) is 0.225. The van der Waals surface area contributed by atoms with Crippen molar-refractivity contribution in [3.63, 3.8) is 0 Å². The van der Waals surface area contributed by atoms with Crippen LogP contribution in [0.4, 0.5) is 0 Å². The summed E-state index contributed by atoms with van der Waals surface area (Å²) in [7, 11) is 0. The Morgan fingerprint density at radius 3 is 2.37 bits per heavy atom. The number of primary amides is 1. The van der Waals surface area contributed by atoms with Gasteiger partial charge in [0.1, 0.15) is 0 Å². The van der Waals surface area contributed by atoms with Crippen LogP contribution in [-0.2, 0) is 11.3 Å². The van der Waals surface area contributed by atoms with Crippen molar-refractivity contribution >= 4 is 29.1 Å². The third-order valence-electron chi connectivity index (χ3n) is 3.64. The first kappa shape index (κ1) is 14.6. The van der Waals surface area contributed by atoms with Gasteiger partial charge in [-0.25, -0.2) is 0 Å². The van der Waals surface area contributed by atoms with Gasteiger partial charge in [0.2, 0.25) is 5.91 Å². The van der Waals surface area contributed by atoms with Gasteiger partial charge in [0, 0.05) is 28.6 Å². The van der Waals surface area contributed by atoms with Crippen molar-refractivity contribution in [2.45, 2.75) is 25.8 Å². The molecule has 1 heterocycles. The van der Waals surface area contributed by atoms with Crippen LogP contribution in [0, 0.1) is 5.92 Å². The van der Waals surface area contributed by atoms with Gasteiger partial charge in [-0.2, -0.15) is 0 Å². The zero-order chi connectivity index (χ0) is 13.8. The van der Waals surface area contributed by atoms with Gasteiger partial charge in [-0.1, -0.05) is 29.3 Å². The van der Waals surface area contributed by atoms with Gasteiger partial charge in [0.25, 0.3) is 0 Å². The number of piperidine rings is 1. The van der Waals surface area contributed by atoms with E-state index in [0.717, 1.165) is 38.0 Å². The van der Waals surface area contributed by atoms with Crippen molar-refractivity contribution in [1.82, 2.24) is 4.90 Å². The number of hydrogen-bond acceptors (Lipinski definition) is 2. The normalized spacial score (nSPS) is 17.6. The van der Waals surface area contributed by atoms with E-state index in [1.165, 1.54) is 0 Å². The van der Waals surface area contributed by atoms with Gasteiger partial charge in [-0.05, 0) is 44.0 Å². The Labute approximate surface area is 123 Å². The minimum Gasteiger partial charge on any atom is -0.370 e. The third kappa shape index (κ3) is 4.10. The first-order valence-electron chi connectivity index (χ1n) is 6.50. The molecule has 0 spiro atoms. The largest absolute Gasteiger partial charge is 0.370 e. The number of carbonyl (C=O) groups excluding carboxylic acids is 1. The lowest BCUT2D eigenvalue weighted by atomic mass is 9.93. The molecule has 1 amide bonds. The summed E-state index contributed by atoms with van der Waals surface area (Å²) in [6.07, 6.45) is 2.51. The number of nitrogens with two attached hydrogens (primary N) is 1. The van der Waals surface area contributed by atoms with Gasteiger partial charge < -0.3 is 5.73 Å². The fraction of sp³-hybridized carbons (Fsp3) is 0.500. The van der Waals surface area contributed by atoms with Crippen LogP contribution in [0.1, 0.15) is 24.8 Å². The third-order valence-corrected chi connectivity index (χ3v) is 4.35. The minimum absolute atomic E-state index is 0.201. The number of halogens is 2. The van der Waals surface area contributed by atoms with Gasteiger partial charge >= 0.3 is 0 Å². The Kier molecular flexibility index (Phi) is 5.08. The van der Waals surface area contributed by atoms with Crippen LogP contribution in [0.3, 0.4) is 0 Å². The molecule has 5 heteroatoms. The van der Waals surface area contributed by atoms with E-state index >= 15 is 0 Å². The highest BCUT2D eigenvalue weighted by Gasteiger charge is 2.21. The van der Waals surface area contributed by atoms with Crippen LogP contribution in [0.5, 0.6) is 0 Å². The summed E-state index contributed by atoms with van der Waals surface area (Å²) in [5, 5.41) is 1.43. The van der Waals surface area contributed by atoms with Crippen LogP contribution in [0.25, 0.3) is 0 Å². The van der Waals surface area contributed by atoms with E-state index in [2.05, 4.69) is 4.90 Å². The van der Waals surface area contributed by atoms with Crippen molar-refractivity contribution in [2.75, 3.05) is 13.1 Å². The van der Waals surface area contributed by atoms with E-state index < -0.39 is 0 Å². The zero-order valence-corrected chi connectivity index (χ0v) is 12.3. The molecule has 2 rings (SSSR count). The smallest absolute Gasteiger partial charge is 0.217 e. The monoisotopic (exact) mass is 300 g/mol. The second kappa shape index (κ2) is 6.60. The number of likely N-dealkylation sites (tertiary alicyclic amines) is 1. The second-order valence-electron chi connectivity index (χ2n) is 5.09. The highest BCUT2D eigenvalue weighted by Crippen LogP contribution is 2.28. The Hall–Kier alpha value is -0.770. The average Bonchev–Trinajstić information content (AvgIpc) is 2.35. The fourth-order valence-corrected chi connectivity index (χ4v) is 3.06. The maximum Gasteiger partial charge on any atom is 0.217 e. The lowest BCUT2D eigenvalue weighted by Gasteiger charge is -2.31. The summed E-state index contributed by atoms with van der Waals surface area (Å²) in [4.78, 5) is 13.2. The molecule has 0 saturated carbocycles. The molecule has 0 radical (unpaired) electrons. The molecular formula is C14H18Cl2N2O. The lowest BCUT2D eigenvalue weighted by Crippen LogP contribution is -2.34. The molecule has 2 N–H and O–H groups in total. The number of hydrogen-bond donors (Lipinski definition) is 1. The molecule has 0 aromatic heterocycles. The summed E-state index contributed by atoms with van der Waals surface area (Å²) >= 11 is 12.3. The molecular weight excluding hydrogens is 283 g/mol. The first-order valence-corrected chi connectivity index (χ1v) is 7.25. The van der Waals surface area contributed by atoms with E-state index in [1.54, 1.807) is 0 Å². The van der Waals surface area contributed by atoms with Crippen LogP contribution in [-0.4, -0.2) is 23.9 Å². The van der Waals surface area contributed by atoms with Gasteiger partial charge in [0.15, 0.2) is 0 Å². The number of amides is 1. The molecule has 104 valence electrons. The van der Waals surface area contributed by atoms with Gasteiger partial charge in [0.05, 0.1) is 0 Å². The maximum atomic E-state index is 10.9. The second-order valence-corrected chi connectivity index (χ2v) is 5.90. The Bertz CT molecular complexity index is 437. The molecule has 0 aliphatic carbocycles. The average molecular weight is 301 g/mol. The molecule has 1 aliphatic rings. The number of carbonyl (C=O) groups is 1. The van der Waals surface area contributed by atoms with E-state index in [9.17, 15) is 4.79 Å². The molecule has 19 heavy (non-hydrogen) atoms. The van der Waals surface area contributed by atoms with Gasteiger partial charge in [-0.3, -0.25) is 9.69 Å². The van der Waals surface area contributed by atoms with Crippen molar-refractivity contribution < 1.29 is 4.79 Å². The molecule has 1 aromatic carbocycles.